The van der Waals surface area contributed by atoms with Gasteiger partial charge in [-0.05, 0) is 43.3 Å². The molecule has 28 heavy (non-hydrogen) atoms. The van der Waals surface area contributed by atoms with Gasteiger partial charge in [0.1, 0.15) is 17.3 Å². The lowest BCUT2D eigenvalue weighted by Gasteiger charge is -2.10. The molecule has 0 amide bonds. The highest BCUT2D eigenvalue weighted by Gasteiger charge is 2.18. The number of aromatic nitrogens is 1. The first-order valence-electron chi connectivity index (χ1n) is 8.42. The van der Waals surface area contributed by atoms with Gasteiger partial charge in [0.15, 0.2) is 6.61 Å². The molecule has 0 aliphatic carbocycles. The van der Waals surface area contributed by atoms with Crippen molar-refractivity contribution in [3.8, 4) is 11.5 Å². The maximum absolute atomic E-state index is 13.4. The molecular formula is C21H18FNO5. The lowest BCUT2D eigenvalue weighted by molar-refractivity contribution is 0.0473. The molecule has 144 valence electrons. The number of fused-ring (bicyclic) bond motifs is 1. The normalized spacial score (nSPS) is 10.6. The van der Waals surface area contributed by atoms with E-state index in [2.05, 4.69) is 4.98 Å². The van der Waals surface area contributed by atoms with Crippen LogP contribution in [0.1, 0.15) is 26.4 Å². The highest BCUT2D eigenvalue weighted by atomic mass is 19.1. The molecule has 0 aliphatic rings. The zero-order valence-electron chi connectivity index (χ0n) is 15.6. The second kappa shape index (κ2) is 8.04. The number of methoxy groups -OCH3 is 2. The second-order valence-electron chi connectivity index (χ2n) is 6.02. The molecule has 0 saturated heterocycles. The predicted octanol–water partition coefficient (Wildman–Crippen LogP) is 3.74. The molecule has 3 aromatic rings. The van der Waals surface area contributed by atoms with Crippen LogP contribution < -0.4 is 9.47 Å². The summed E-state index contributed by atoms with van der Waals surface area (Å²) in [7, 11) is 2.93. The van der Waals surface area contributed by atoms with Gasteiger partial charge >= 0.3 is 5.97 Å². The minimum Gasteiger partial charge on any atom is -0.497 e. The standard InChI is InChI=1S/C21H18FNO5/c1-12-16(8-13-4-6-15(26-2)10-18(13)23-12)21(25)28-11-19(24)17-9-14(22)5-7-20(17)27-3/h4-10H,11H2,1-3H3. The molecule has 6 nitrogen and oxygen atoms in total. The van der Waals surface area contributed by atoms with Crippen LogP contribution in [0.5, 0.6) is 11.5 Å². The van der Waals surface area contributed by atoms with E-state index < -0.39 is 24.2 Å². The van der Waals surface area contributed by atoms with Gasteiger partial charge in [0, 0.05) is 11.5 Å². The number of aryl methyl sites for hydroxylation is 1. The van der Waals surface area contributed by atoms with Gasteiger partial charge in [0.25, 0.3) is 0 Å². The maximum Gasteiger partial charge on any atom is 0.340 e. The summed E-state index contributed by atoms with van der Waals surface area (Å²) in [5.41, 5.74) is 1.39. The predicted molar refractivity (Wildman–Crippen MR) is 101 cm³/mol. The Morgan fingerprint density at radius 1 is 1.00 bits per heavy atom. The second-order valence-corrected chi connectivity index (χ2v) is 6.02. The lowest BCUT2D eigenvalue weighted by atomic mass is 10.1. The van der Waals surface area contributed by atoms with Crippen molar-refractivity contribution in [2.45, 2.75) is 6.92 Å². The third-order valence-electron chi connectivity index (χ3n) is 4.23. The molecule has 0 atom stereocenters. The number of pyridine rings is 1. The van der Waals surface area contributed by atoms with Crippen molar-refractivity contribution in [2.24, 2.45) is 0 Å². The fraction of sp³-hybridized carbons (Fsp3) is 0.190. The SMILES string of the molecule is COc1ccc2cc(C(=O)OCC(=O)c3cc(F)ccc3OC)c(C)nc2c1. The molecular weight excluding hydrogens is 365 g/mol. The summed E-state index contributed by atoms with van der Waals surface area (Å²) < 4.78 is 28.8. The molecule has 1 aromatic heterocycles. The average molecular weight is 383 g/mol. The number of carbonyl (C=O) groups excluding carboxylic acids is 2. The number of benzene rings is 2. The van der Waals surface area contributed by atoms with Crippen LogP contribution in [0.15, 0.2) is 42.5 Å². The van der Waals surface area contributed by atoms with Gasteiger partial charge in [-0.15, -0.1) is 0 Å². The van der Waals surface area contributed by atoms with Crippen LogP contribution in [0.4, 0.5) is 4.39 Å². The van der Waals surface area contributed by atoms with Crippen molar-refractivity contribution in [3.05, 3.63) is 65.1 Å². The van der Waals surface area contributed by atoms with Crippen molar-refractivity contribution in [1.82, 2.24) is 4.98 Å². The topological polar surface area (TPSA) is 74.7 Å². The molecule has 0 bridgehead atoms. The van der Waals surface area contributed by atoms with Gasteiger partial charge in [-0.1, -0.05) is 0 Å². The van der Waals surface area contributed by atoms with Crippen LogP contribution in [-0.4, -0.2) is 37.6 Å². The van der Waals surface area contributed by atoms with Crippen LogP contribution in [-0.2, 0) is 4.74 Å². The Labute approximate surface area is 160 Å². The largest absolute Gasteiger partial charge is 0.497 e. The third-order valence-corrected chi connectivity index (χ3v) is 4.23. The van der Waals surface area contributed by atoms with Crippen LogP contribution >= 0.6 is 0 Å². The highest BCUT2D eigenvalue weighted by Crippen LogP contribution is 2.23. The van der Waals surface area contributed by atoms with Crippen LogP contribution in [0.2, 0.25) is 0 Å². The third kappa shape index (κ3) is 3.93. The van der Waals surface area contributed by atoms with Crippen LogP contribution in [0.25, 0.3) is 10.9 Å². The molecule has 7 heteroatoms. The summed E-state index contributed by atoms with van der Waals surface area (Å²) in [6.07, 6.45) is 0. The van der Waals surface area contributed by atoms with Crippen molar-refractivity contribution < 1.29 is 28.2 Å². The Bertz CT molecular complexity index is 1060. The molecule has 0 aliphatic heterocycles. The van der Waals surface area contributed by atoms with E-state index in [1.165, 1.54) is 19.2 Å². The number of esters is 1. The minimum atomic E-state index is -0.688. The quantitative estimate of drug-likeness (QED) is 0.477. The number of halogens is 1. The summed E-state index contributed by atoms with van der Waals surface area (Å²) in [6.45, 7) is 1.13. The van der Waals surface area contributed by atoms with Gasteiger partial charge < -0.3 is 14.2 Å². The van der Waals surface area contributed by atoms with E-state index in [1.807, 2.05) is 0 Å². The van der Waals surface area contributed by atoms with Gasteiger partial charge in [-0.25, -0.2) is 9.18 Å². The Morgan fingerprint density at radius 3 is 2.50 bits per heavy atom. The Kier molecular flexibility index (Phi) is 5.54. The summed E-state index contributed by atoms with van der Waals surface area (Å²) in [4.78, 5) is 29.2. The summed E-state index contributed by atoms with van der Waals surface area (Å²) >= 11 is 0. The van der Waals surface area contributed by atoms with Crippen molar-refractivity contribution in [2.75, 3.05) is 20.8 Å². The zero-order valence-corrected chi connectivity index (χ0v) is 15.6. The van der Waals surface area contributed by atoms with E-state index in [0.717, 1.165) is 11.5 Å². The van der Waals surface area contributed by atoms with Crippen LogP contribution in [0.3, 0.4) is 0 Å². The van der Waals surface area contributed by atoms with Gasteiger partial charge in [-0.2, -0.15) is 0 Å². The summed E-state index contributed by atoms with van der Waals surface area (Å²) in [5, 5.41) is 0.733. The number of rotatable bonds is 6. The van der Waals surface area contributed by atoms with Crippen molar-refractivity contribution >= 4 is 22.7 Å². The average Bonchev–Trinajstić information content (AvgIpc) is 2.70. The fourth-order valence-electron chi connectivity index (χ4n) is 2.76. The number of ketones is 1. The number of ether oxygens (including phenoxy) is 3. The van der Waals surface area contributed by atoms with E-state index in [-0.39, 0.29) is 16.9 Å². The molecule has 0 N–H and O–H groups in total. The molecule has 0 saturated carbocycles. The Balaban J connectivity index is 1.79. The Morgan fingerprint density at radius 2 is 1.79 bits per heavy atom. The van der Waals surface area contributed by atoms with E-state index in [9.17, 15) is 14.0 Å². The number of Topliss-reactive ketones (excluding diaryl/α,β-unsaturated/α-hetero) is 1. The number of hydrogen-bond acceptors (Lipinski definition) is 6. The maximum atomic E-state index is 13.4. The van der Waals surface area contributed by atoms with E-state index in [4.69, 9.17) is 14.2 Å². The van der Waals surface area contributed by atoms with Gasteiger partial charge in [-0.3, -0.25) is 9.78 Å². The summed E-state index contributed by atoms with van der Waals surface area (Å²) in [6, 6.07) is 10.5. The summed E-state index contributed by atoms with van der Waals surface area (Å²) in [5.74, 6) is -0.975. The molecule has 1 heterocycles. The number of nitrogens with zero attached hydrogens (tertiary/aromatic N) is 1. The number of carbonyl (C=O) groups is 2. The smallest absolute Gasteiger partial charge is 0.340 e. The first-order chi connectivity index (χ1) is 13.4. The molecule has 2 aromatic carbocycles. The Hall–Kier alpha value is -3.48. The molecule has 0 spiro atoms. The van der Waals surface area contributed by atoms with Crippen molar-refractivity contribution in [1.29, 1.82) is 0 Å². The first-order valence-corrected chi connectivity index (χ1v) is 8.42. The monoisotopic (exact) mass is 383 g/mol. The number of hydrogen-bond donors (Lipinski definition) is 0. The minimum absolute atomic E-state index is 0.00996. The van der Waals surface area contributed by atoms with Gasteiger partial charge in [0.2, 0.25) is 5.78 Å². The zero-order chi connectivity index (χ0) is 20.3. The molecule has 0 radical (unpaired) electrons. The van der Waals surface area contributed by atoms with Crippen molar-refractivity contribution in [3.63, 3.8) is 0 Å². The lowest BCUT2D eigenvalue weighted by Crippen LogP contribution is -2.16. The van der Waals surface area contributed by atoms with E-state index >= 15 is 0 Å². The fourth-order valence-corrected chi connectivity index (χ4v) is 2.76. The first kappa shape index (κ1) is 19.3. The molecule has 0 unspecified atom stereocenters. The van der Waals surface area contributed by atoms with Gasteiger partial charge in [0.05, 0.1) is 36.6 Å². The molecule has 0 fully saturated rings. The van der Waals surface area contributed by atoms with Crippen LogP contribution in [0, 0.1) is 12.7 Å². The van der Waals surface area contributed by atoms with E-state index in [1.54, 1.807) is 38.3 Å². The molecule has 3 rings (SSSR count). The highest BCUT2D eigenvalue weighted by molar-refractivity contribution is 6.02. The van der Waals surface area contributed by atoms with E-state index in [0.29, 0.717) is 17.0 Å².